The third kappa shape index (κ3) is 2.32. The van der Waals surface area contributed by atoms with Crippen LogP contribution in [0.25, 0.3) is 0 Å². The third-order valence-electron chi connectivity index (χ3n) is 2.86. The molecule has 1 unspecified atom stereocenters. The molecule has 0 aromatic carbocycles. The Morgan fingerprint density at radius 2 is 2.38 bits per heavy atom. The average Bonchev–Trinajstić information content (AvgIpc) is 2.53. The fourth-order valence-corrected chi connectivity index (χ4v) is 2.35. The maximum atomic E-state index is 3.59. The van der Waals surface area contributed by atoms with Gasteiger partial charge in [-0.05, 0) is 29.7 Å². The summed E-state index contributed by atoms with van der Waals surface area (Å²) in [5, 5.41) is 5.74. The van der Waals surface area contributed by atoms with E-state index in [1.807, 2.05) is 11.3 Å². The van der Waals surface area contributed by atoms with Gasteiger partial charge in [0.15, 0.2) is 0 Å². The fraction of sp³-hybridized carbons (Fsp3) is 0.636. The van der Waals surface area contributed by atoms with E-state index < -0.39 is 0 Å². The Hall–Kier alpha value is -0.340. The number of nitrogens with one attached hydrogen (secondary N) is 1. The van der Waals surface area contributed by atoms with Crippen LogP contribution in [0, 0.1) is 5.41 Å². The lowest BCUT2D eigenvalue weighted by molar-refractivity contribution is 0.545. The second-order valence-corrected chi connectivity index (χ2v) is 5.56. The maximum absolute atomic E-state index is 3.59. The van der Waals surface area contributed by atoms with Crippen LogP contribution in [0.1, 0.15) is 25.1 Å². The highest BCUT2D eigenvalue weighted by Crippen LogP contribution is 2.44. The molecule has 0 bridgehead atoms. The molecule has 72 valence electrons. The van der Waals surface area contributed by atoms with E-state index in [1.54, 1.807) is 0 Å². The third-order valence-corrected chi connectivity index (χ3v) is 3.79. The van der Waals surface area contributed by atoms with Crippen LogP contribution >= 0.6 is 11.3 Å². The van der Waals surface area contributed by atoms with Crippen molar-refractivity contribution < 1.29 is 0 Å². The minimum Gasteiger partial charge on any atom is -0.313 e. The van der Waals surface area contributed by atoms with Gasteiger partial charge in [-0.2, -0.15) is 0 Å². The first-order valence-electron chi connectivity index (χ1n) is 4.94. The molecule has 2 heteroatoms. The van der Waals surface area contributed by atoms with E-state index in [0.29, 0.717) is 5.41 Å². The fourth-order valence-electron chi connectivity index (χ4n) is 1.64. The lowest BCUT2D eigenvalue weighted by Gasteiger charge is -2.04. The summed E-state index contributed by atoms with van der Waals surface area (Å²) in [7, 11) is 0. The maximum Gasteiger partial charge on any atom is 0.0125 e. The average molecular weight is 195 g/mol. The molecule has 1 aliphatic carbocycles. The summed E-state index contributed by atoms with van der Waals surface area (Å²) < 4.78 is 0. The predicted octanol–water partition coefficient (Wildman–Crippen LogP) is 2.68. The van der Waals surface area contributed by atoms with E-state index in [-0.39, 0.29) is 0 Å². The highest BCUT2D eigenvalue weighted by Gasteiger charge is 2.44. The van der Waals surface area contributed by atoms with Crippen molar-refractivity contribution in [1.82, 2.24) is 5.32 Å². The van der Waals surface area contributed by atoms with Crippen molar-refractivity contribution >= 4 is 11.3 Å². The summed E-state index contributed by atoms with van der Waals surface area (Å²) in [6, 6.07) is 5.11. The second kappa shape index (κ2) is 3.43. The molecule has 0 spiro atoms. The Balaban J connectivity index is 1.66. The smallest absolute Gasteiger partial charge is 0.0125 e. The molecule has 0 saturated heterocycles. The number of hydrogen-bond donors (Lipinski definition) is 1. The summed E-state index contributed by atoms with van der Waals surface area (Å²) in [4.78, 5) is 1.49. The molecule has 1 nitrogen and oxygen atoms in total. The Morgan fingerprint density at radius 1 is 1.62 bits per heavy atom. The first-order valence-corrected chi connectivity index (χ1v) is 5.82. The van der Waals surface area contributed by atoms with Gasteiger partial charge in [0, 0.05) is 17.5 Å². The molecule has 1 aromatic rings. The Kier molecular flexibility index (Phi) is 2.43. The lowest BCUT2D eigenvalue weighted by Crippen LogP contribution is -2.22. The number of rotatable bonds is 4. The number of thiophene rings is 1. The summed E-state index contributed by atoms with van der Waals surface area (Å²) >= 11 is 1.85. The Bertz CT molecular complexity index is 264. The second-order valence-electron chi connectivity index (χ2n) is 4.53. The summed E-state index contributed by atoms with van der Waals surface area (Å²) in [6.07, 6.45) is 2.53. The van der Waals surface area contributed by atoms with Gasteiger partial charge in [-0.25, -0.2) is 0 Å². The minimum absolute atomic E-state index is 0.565. The molecule has 13 heavy (non-hydrogen) atoms. The van der Waals surface area contributed by atoms with Crippen LogP contribution < -0.4 is 5.32 Å². The van der Waals surface area contributed by atoms with Gasteiger partial charge in [0.2, 0.25) is 0 Å². The van der Waals surface area contributed by atoms with Crippen molar-refractivity contribution in [3.63, 3.8) is 0 Å². The quantitative estimate of drug-likeness (QED) is 0.779. The molecule has 2 rings (SSSR count). The van der Waals surface area contributed by atoms with E-state index in [0.717, 1.165) is 12.6 Å². The van der Waals surface area contributed by atoms with Crippen molar-refractivity contribution in [2.45, 2.75) is 32.7 Å². The van der Waals surface area contributed by atoms with E-state index >= 15 is 0 Å². The first kappa shape index (κ1) is 9.22. The normalized spacial score (nSPS) is 24.6. The standard InChI is InChI=1S/C11H17NS/c1-11(2)8-10(11)12-6-5-9-4-3-7-13-9/h3-4,7,10,12H,5-6,8H2,1-2H3. The largest absolute Gasteiger partial charge is 0.313 e. The van der Waals surface area contributed by atoms with Crippen molar-refractivity contribution in [3.8, 4) is 0 Å². The van der Waals surface area contributed by atoms with Crippen molar-refractivity contribution in [3.05, 3.63) is 22.4 Å². The highest BCUT2D eigenvalue weighted by atomic mass is 32.1. The van der Waals surface area contributed by atoms with Crippen LogP contribution in [-0.4, -0.2) is 12.6 Å². The van der Waals surface area contributed by atoms with Gasteiger partial charge in [0.05, 0.1) is 0 Å². The molecule has 1 atom stereocenters. The molecular formula is C11H17NS. The first-order chi connectivity index (χ1) is 6.18. The molecule has 0 amide bonds. The zero-order valence-corrected chi connectivity index (χ0v) is 9.16. The van der Waals surface area contributed by atoms with Crippen molar-refractivity contribution in [2.75, 3.05) is 6.54 Å². The molecule has 1 aromatic heterocycles. The SMILES string of the molecule is CC1(C)CC1NCCc1cccs1. The number of hydrogen-bond acceptors (Lipinski definition) is 2. The van der Waals surface area contributed by atoms with Gasteiger partial charge in [0.1, 0.15) is 0 Å². The molecule has 1 fully saturated rings. The molecule has 1 heterocycles. The van der Waals surface area contributed by atoms with Crippen LogP contribution in [0.15, 0.2) is 17.5 Å². The molecule has 0 radical (unpaired) electrons. The zero-order valence-electron chi connectivity index (χ0n) is 8.34. The van der Waals surface area contributed by atoms with Gasteiger partial charge in [-0.3, -0.25) is 0 Å². The summed E-state index contributed by atoms with van der Waals surface area (Å²) in [5.74, 6) is 0. The van der Waals surface area contributed by atoms with Crippen LogP contribution in [0.5, 0.6) is 0 Å². The van der Waals surface area contributed by atoms with Gasteiger partial charge < -0.3 is 5.32 Å². The van der Waals surface area contributed by atoms with Crippen LogP contribution in [-0.2, 0) is 6.42 Å². The van der Waals surface area contributed by atoms with Crippen LogP contribution in [0.3, 0.4) is 0 Å². The molecular weight excluding hydrogens is 178 g/mol. The van der Waals surface area contributed by atoms with Crippen molar-refractivity contribution in [1.29, 1.82) is 0 Å². The van der Waals surface area contributed by atoms with Gasteiger partial charge in [0.25, 0.3) is 0 Å². The molecule has 1 saturated carbocycles. The van der Waals surface area contributed by atoms with Crippen LogP contribution in [0.4, 0.5) is 0 Å². The van der Waals surface area contributed by atoms with Crippen molar-refractivity contribution in [2.24, 2.45) is 5.41 Å². The lowest BCUT2D eigenvalue weighted by atomic mass is 10.2. The monoisotopic (exact) mass is 195 g/mol. The van der Waals surface area contributed by atoms with Crippen LogP contribution in [0.2, 0.25) is 0 Å². The molecule has 1 N–H and O–H groups in total. The van der Waals surface area contributed by atoms with E-state index in [2.05, 4.69) is 36.7 Å². The predicted molar refractivity (Wildman–Crippen MR) is 58.2 cm³/mol. The molecule has 0 aliphatic heterocycles. The van der Waals surface area contributed by atoms with E-state index in [9.17, 15) is 0 Å². The highest BCUT2D eigenvalue weighted by molar-refractivity contribution is 7.09. The summed E-state index contributed by atoms with van der Waals surface area (Å²) in [6.45, 7) is 5.79. The van der Waals surface area contributed by atoms with E-state index in [4.69, 9.17) is 0 Å². The van der Waals surface area contributed by atoms with E-state index in [1.165, 1.54) is 17.7 Å². The Morgan fingerprint density at radius 3 is 2.92 bits per heavy atom. The van der Waals surface area contributed by atoms with Gasteiger partial charge in [-0.1, -0.05) is 19.9 Å². The zero-order chi connectivity index (χ0) is 9.31. The Labute approximate surface area is 84.2 Å². The minimum atomic E-state index is 0.565. The topological polar surface area (TPSA) is 12.0 Å². The van der Waals surface area contributed by atoms with Gasteiger partial charge >= 0.3 is 0 Å². The van der Waals surface area contributed by atoms with Gasteiger partial charge in [-0.15, -0.1) is 11.3 Å². The summed E-state index contributed by atoms with van der Waals surface area (Å²) in [5.41, 5.74) is 0.565. The molecule has 1 aliphatic rings.